The first-order chi connectivity index (χ1) is 14.5. The monoisotopic (exact) mass is 410 g/mol. The molecule has 1 aromatic carbocycles. The Hall–Kier alpha value is -3.88. The van der Waals surface area contributed by atoms with Crippen LogP contribution in [-0.2, 0) is 4.79 Å². The third-order valence-electron chi connectivity index (χ3n) is 3.94. The van der Waals surface area contributed by atoms with Gasteiger partial charge in [0.2, 0.25) is 5.91 Å². The van der Waals surface area contributed by atoms with Gasteiger partial charge in [-0.05, 0) is 48.9 Å². The van der Waals surface area contributed by atoms with Gasteiger partial charge in [0.05, 0.1) is 0 Å². The van der Waals surface area contributed by atoms with Gasteiger partial charge >= 0.3 is 0 Å². The second-order valence-corrected chi connectivity index (χ2v) is 6.35. The predicted molar refractivity (Wildman–Crippen MR) is 111 cm³/mol. The molecule has 30 heavy (non-hydrogen) atoms. The van der Waals surface area contributed by atoms with Crippen molar-refractivity contribution in [2.24, 2.45) is 0 Å². The van der Waals surface area contributed by atoms with E-state index < -0.39 is 17.5 Å². The van der Waals surface area contributed by atoms with Gasteiger partial charge in [-0.25, -0.2) is 23.7 Å². The van der Waals surface area contributed by atoms with E-state index in [1.807, 2.05) is 19.1 Å². The molecule has 0 aliphatic heterocycles. The standard InChI is InChI=1S/C21H20F2N6O/c1-14-6-7-24-19(10-14)29-20-12-18(27-13-28-20)25-8-9-26-21(30)5-2-15-11-16(22)3-4-17(15)23/h2-7,10-13H,8-9H2,1H3,(H,26,30)(H2,24,25,27,28,29)/b5-2+. The zero-order chi connectivity index (χ0) is 21.3. The number of amides is 1. The molecule has 0 saturated heterocycles. The van der Waals surface area contributed by atoms with Gasteiger partial charge in [0.25, 0.3) is 0 Å². The van der Waals surface area contributed by atoms with Crippen molar-refractivity contribution < 1.29 is 13.6 Å². The van der Waals surface area contributed by atoms with E-state index in [0.717, 1.165) is 29.8 Å². The topological polar surface area (TPSA) is 91.8 Å². The van der Waals surface area contributed by atoms with Crippen LogP contribution in [0.4, 0.5) is 26.2 Å². The van der Waals surface area contributed by atoms with Crippen molar-refractivity contribution in [1.82, 2.24) is 20.3 Å². The second-order valence-electron chi connectivity index (χ2n) is 6.35. The van der Waals surface area contributed by atoms with Crippen molar-refractivity contribution in [3.05, 3.63) is 77.8 Å². The maximum absolute atomic E-state index is 13.5. The molecule has 0 saturated carbocycles. The summed E-state index contributed by atoms with van der Waals surface area (Å²) in [4.78, 5) is 24.3. The number of nitrogens with one attached hydrogen (secondary N) is 3. The van der Waals surface area contributed by atoms with Crippen molar-refractivity contribution in [2.45, 2.75) is 6.92 Å². The molecule has 0 radical (unpaired) electrons. The third kappa shape index (κ3) is 6.33. The Balaban J connectivity index is 1.45. The molecule has 0 aliphatic carbocycles. The van der Waals surface area contributed by atoms with Crippen LogP contribution >= 0.6 is 0 Å². The molecule has 3 N–H and O–H groups in total. The lowest BCUT2D eigenvalue weighted by Gasteiger charge is -2.09. The minimum atomic E-state index is -0.601. The van der Waals surface area contributed by atoms with Crippen molar-refractivity contribution in [3.63, 3.8) is 0 Å². The fourth-order valence-electron chi connectivity index (χ4n) is 2.50. The van der Waals surface area contributed by atoms with Gasteiger partial charge in [0.1, 0.15) is 35.4 Å². The van der Waals surface area contributed by atoms with E-state index in [4.69, 9.17) is 0 Å². The fourth-order valence-corrected chi connectivity index (χ4v) is 2.50. The Morgan fingerprint density at radius 2 is 1.80 bits per heavy atom. The van der Waals surface area contributed by atoms with E-state index in [2.05, 4.69) is 30.9 Å². The van der Waals surface area contributed by atoms with Crippen LogP contribution in [0.1, 0.15) is 11.1 Å². The van der Waals surface area contributed by atoms with Crippen LogP contribution in [0.5, 0.6) is 0 Å². The number of carbonyl (C=O) groups excluding carboxylic acids is 1. The Kier molecular flexibility index (Phi) is 6.99. The normalized spacial score (nSPS) is 10.8. The van der Waals surface area contributed by atoms with Gasteiger partial charge in [-0.1, -0.05) is 0 Å². The molecule has 0 unspecified atom stereocenters. The summed E-state index contributed by atoms with van der Waals surface area (Å²) >= 11 is 0. The molecule has 0 fully saturated rings. The van der Waals surface area contributed by atoms with Crippen LogP contribution in [-0.4, -0.2) is 33.9 Å². The van der Waals surface area contributed by atoms with Gasteiger partial charge < -0.3 is 16.0 Å². The SMILES string of the molecule is Cc1ccnc(Nc2cc(NCCNC(=O)/C=C/c3cc(F)ccc3F)ncn2)c1. The molecule has 3 rings (SSSR count). The number of halogens is 2. The van der Waals surface area contributed by atoms with Crippen molar-refractivity contribution in [1.29, 1.82) is 0 Å². The molecule has 0 bridgehead atoms. The average Bonchev–Trinajstić information content (AvgIpc) is 2.72. The summed E-state index contributed by atoms with van der Waals surface area (Å²) in [5.41, 5.74) is 1.08. The first-order valence-electron chi connectivity index (χ1n) is 9.16. The Morgan fingerprint density at radius 1 is 1.00 bits per heavy atom. The molecule has 0 atom stereocenters. The summed E-state index contributed by atoms with van der Waals surface area (Å²) in [6, 6.07) is 8.57. The highest BCUT2D eigenvalue weighted by atomic mass is 19.1. The number of rotatable bonds is 8. The number of aromatic nitrogens is 3. The first-order valence-corrected chi connectivity index (χ1v) is 9.16. The number of aryl methyl sites for hydroxylation is 1. The molecule has 0 aliphatic rings. The van der Waals surface area contributed by atoms with Crippen LogP contribution in [0.3, 0.4) is 0 Å². The number of hydrogen-bond donors (Lipinski definition) is 3. The molecule has 2 aromatic heterocycles. The highest BCUT2D eigenvalue weighted by molar-refractivity contribution is 5.91. The lowest BCUT2D eigenvalue weighted by Crippen LogP contribution is -2.27. The number of anilines is 3. The smallest absolute Gasteiger partial charge is 0.244 e. The van der Waals surface area contributed by atoms with E-state index in [9.17, 15) is 13.6 Å². The highest BCUT2D eigenvalue weighted by Crippen LogP contribution is 2.15. The predicted octanol–water partition coefficient (Wildman–Crippen LogP) is 3.44. The molecular weight excluding hydrogens is 390 g/mol. The highest BCUT2D eigenvalue weighted by Gasteiger charge is 2.03. The number of carbonyl (C=O) groups is 1. The van der Waals surface area contributed by atoms with E-state index in [0.29, 0.717) is 30.5 Å². The quantitative estimate of drug-likeness (QED) is 0.389. The fraction of sp³-hybridized carbons (Fsp3) is 0.143. The lowest BCUT2D eigenvalue weighted by atomic mass is 10.2. The maximum Gasteiger partial charge on any atom is 0.244 e. The average molecular weight is 410 g/mol. The summed E-state index contributed by atoms with van der Waals surface area (Å²) in [6.07, 6.45) is 5.50. The summed E-state index contributed by atoms with van der Waals surface area (Å²) < 4.78 is 26.6. The molecule has 2 heterocycles. The summed E-state index contributed by atoms with van der Waals surface area (Å²) in [7, 11) is 0. The lowest BCUT2D eigenvalue weighted by molar-refractivity contribution is -0.116. The van der Waals surface area contributed by atoms with Crippen LogP contribution in [0.25, 0.3) is 6.08 Å². The minimum Gasteiger partial charge on any atom is -0.368 e. The van der Waals surface area contributed by atoms with Gasteiger partial charge in [0, 0.05) is 37.0 Å². The molecule has 1 amide bonds. The van der Waals surface area contributed by atoms with E-state index in [1.165, 1.54) is 12.4 Å². The van der Waals surface area contributed by atoms with E-state index in [-0.39, 0.29) is 5.56 Å². The Bertz CT molecular complexity index is 1060. The third-order valence-corrected chi connectivity index (χ3v) is 3.94. The molecule has 154 valence electrons. The Labute approximate surface area is 172 Å². The molecular formula is C21H20F2N6O. The molecule has 7 nitrogen and oxygen atoms in total. The first kappa shape index (κ1) is 20.8. The van der Waals surface area contributed by atoms with Crippen LogP contribution in [0, 0.1) is 18.6 Å². The van der Waals surface area contributed by atoms with E-state index >= 15 is 0 Å². The largest absolute Gasteiger partial charge is 0.368 e. The summed E-state index contributed by atoms with van der Waals surface area (Å²) in [6.45, 7) is 2.69. The zero-order valence-corrected chi connectivity index (χ0v) is 16.2. The van der Waals surface area contributed by atoms with Gasteiger partial charge in [-0.2, -0.15) is 0 Å². The van der Waals surface area contributed by atoms with Crippen LogP contribution < -0.4 is 16.0 Å². The van der Waals surface area contributed by atoms with Crippen molar-refractivity contribution in [3.8, 4) is 0 Å². The summed E-state index contributed by atoms with van der Waals surface area (Å²) in [5.74, 6) is 0.236. The molecule has 3 aromatic rings. The number of pyridine rings is 1. The molecule has 9 heteroatoms. The Morgan fingerprint density at radius 3 is 2.63 bits per heavy atom. The van der Waals surface area contributed by atoms with Gasteiger partial charge in [-0.3, -0.25) is 4.79 Å². The van der Waals surface area contributed by atoms with E-state index in [1.54, 1.807) is 12.3 Å². The van der Waals surface area contributed by atoms with Crippen molar-refractivity contribution in [2.75, 3.05) is 23.7 Å². The van der Waals surface area contributed by atoms with Crippen LogP contribution in [0.2, 0.25) is 0 Å². The maximum atomic E-state index is 13.5. The van der Waals surface area contributed by atoms with Crippen LogP contribution in [0.15, 0.2) is 55.0 Å². The number of benzene rings is 1. The zero-order valence-electron chi connectivity index (χ0n) is 16.2. The molecule has 0 spiro atoms. The summed E-state index contributed by atoms with van der Waals surface area (Å²) in [5, 5.41) is 8.81. The number of hydrogen-bond acceptors (Lipinski definition) is 6. The number of nitrogens with zero attached hydrogens (tertiary/aromatic N) is 3. The van der Waals surface area contributed by atoms with Gasteiger partial charge in [-0.15, -0.1) is 0 Å². The minimum absolute atomic E-state index is 0.00684. The second kappa shape index (κ2) is 10.1. The van der Waals surface area contributed by atoms with Gasteiger partial charge in [0.15, 0.2) is 0 Å². The van der Waals surface area contributed by atoms with Crippen molar-refractivity contribution >= 4 is 29.4 Å².